The van der Waals surface area contributed by atoms with Crippen LogP contribution in [0, 0.1) is 11.3 Å². The highest BCUT2D eigenvalue weighted by Crippen LogP contribution is 2.12. The van der Waals surface area contributed by atoms with Gasteiger partial charge in [0.25, 0.3) is 0 Å². The Labute approximate surface area is 73.0 Å². The SMILES string of the molecule is C/C(=C\CC#N)c1ccccc1. The molecule has 0 aliphatic carbocycles. The molecular weight excluding hydrogens is 146 g/mol. The predicted octanol–water partition coefficient (Wildman–Crippen LogP) is 3.00. The maximum atomic E-state index is 8.37. The van der Waals surface area contributed by atoms with Crippen molar-refractivity contribution in [2.24, 2.45) is 0 Å². The van der Waals surface area contributed by atoms with Crippen molar-refractivity contribution in [3.63, 3.8) is 0 Å². The van der Waals surface area contributed by atoms with Gasteiger partial charge in [-0.2, -0.15) is 5.26 Å². The highest BCUT2D eigenvalue weighted by molar-refractivity contribution is 5.63. The normalized spacial score (nSPS) is 10.8. The molecule has 0 amide bonds. The highest BCUT2D eigenvalue weighted by Gasteiger charge is 1.91. The zero-order chi connectivity index (χ0) is 8.81. The molecule has 0 atom stereocenters. The van der Waals surface area contributed by atoms with Crippen molar-refractivity contribution in [1.82, 2.24) is 0 Å². The molecule has 12 heavy (non-hydrogen) atoms. The summed E-state index contributed by atoms with van der Waals surface area (Å²) in [6.45, 7) is 2.02. The van der Waals surface area contributed by atoms with Gasteiger partial charge in [0, 0.05) is 0 Å². The maximum absolute atomic E-state index is 8.37. The third-order valence-corrected chi connectivity index (χ3v) is 1.73. The Bertz CT molecular complexity index is 304. The topological polar surface area (TPSA) is 23.8 Å². The van der Waals surface area contributed by atoms with Crippen molar-refractivity contribution in [2.45, 2.75) is 13.3 Å². The van der Waals surface area contributed by atoms with E-state index in [0.29, 0.717) is 6.42 Å². The zero-order valence-electron chi connectivity index (χ0n) is 7.12. The van der Waals surface area contributed by atoms with Crippen molar-refractivity contribution in [3.05, 3.63) is 42.0 Å². The van der Waals surface area contributed by atoms with Crippen LogP contribution in [0.2, 0.25) is 0 Å². The summed E-state index contributed by atoms with van der Waals surface area (Å²) in [7, 11) is 0. The lowest BCUT2D eigenvalue weighted by Crippen LogP contribution is -1.76. The molecule has 0 radical (unpaired) electrons. The van der Waals surface area contributed by atoms with Crippen LogP contribution in [0.5, 0.6) is 0 Å². The molecule has 0 saturated carbocycles. The Kier molecular flexibility index (Phi) is 3.10. The van der Waals surface area contributed by atoms with Gasteiger partial charge in [0.1, 0.15) is 0 Å². The average Bonchev–Trinajstić information content (AvgIpc) is 2.15. The molecule has 0 N–H and O–H groups in total. The van der Waals surface area contributed by atoms with E-state index in [1.807, 2.05) is 43.3 Å². The summed E-state index contributed by atoms with van der Waals surface area (Å²) in [5.41, 5.74) is 2.35. The van der Waals surface area contributed by atoms with E-state index >= 15 is 0 Å². The summed E-state index contributed by atoms with van der Waals surface area (Å²) in [5.74, 6) is 0. The van der Waals surface area contributed by atoms with Crippen LogP contribution in [0.15, 0.2) is 36.4 Å². The van der Waals surface area contributed by atoms with Crippen LogP contribution < -0.4 is 0 Å². The Morgan fingerprint density at radius 3 is 2.67 bits per heavy atom. The van der Waals surface area contributed by atoms with E-state index < -0.39 is 0 Å². The Hall–Kier alpha value is -1.55. The first kappa shape index (κ1) is 8.55. The number of hydrogen-bond donors (Lipinski definition) is 0. The molecule has 0 spiro atoms. The Morgan fingerprint density at radius 1 is 1.42 bits per heavy atom. The van der Waals surface area contributed by atoms with Crippen LogP contribution in [-0.4, -0.2) is 0 Å². The Morgan fingerprint density at radius 2 is 2.08 bits per heavy atom. The van der Waals surface area contributed by atoms with Gasteiger partial charge in [0.15, 0.2) is 0 Å². The molecule has 0 saturated heterocycles. The lowest BCUT2D eigenvalue weighted by atomic mass is 10.1. The van der Waals surface area contributed by atoms with Gasteiger partial charge in [0.2, 0.25) is 0 Å². The molecule has 0 aromatic heterocycles. The van der Waals surface area contributed by atoms with Crippen molar-refractivity contribution in [1.29, 1.82) is 5.26 Å². The van der Waals surface area contributed by atoms with Crippen LogP contribution in [0.3, 0.4) is 0 Å². The summed E-state index contributed by atoms with van der Waals surface area (Å²) in [6, 6.07) is 12.2. The molecule has 60 valence electrons. The number of rotatable bonds is 2. The van der Waals surface area contributed by atoms with E-state index in [1.54, 1.807) is 0 Å². The van der Waals surface area contributed by atoms with Gasteiger partial charge in [-0.15, -0.1) is 0 Å². The van der Waals surface area contributed by atoms with Crippen LogP contribution in [0.4, 0.5) is 0 Å². The third kappa shape index (κ3) is 2.25. The Balaban J connectivity index is 2.79. The van der Waals surface area contributed by atoms with E-state index in [2.05, 4.69) is 6.07 Å². The van der Waals surface area contributed by atoms with Crippen molar-refractivity contribution >= 4 is 5.57 Å². The van der Waals surface area contributed by atoms with Gasteiger partial charge in [-0.25, -0.2) is 0 Å². The number of benzene rings is 1. The molecule has 1 aromatic carbocycles. The number of hydrogen-bond acceptors (Lipinski definition) is 1. The van der Waals surface area contributed by atoms with Gasteiger partial charge < -0.3 is 0 Å². The molecule has 0 bridgehead atoms. The van der Waals surface area contributed by atoms with E-state index in [4.69, 9.17) is 5.26 Å². The minimum absolute atomic E-state index is 0.487. The van der Waals surface area contributed by atoms with E-state index in [1.165, 1.54) is 5.56 Å². The first-order valence-electron chi connectivity index (χ1n) is 3.93. The fourth-order valence-electron chi connectivity index (χ4n) is 1.02. The lowest BCUT2D eigenvalue weighted by molar-refractivity contribution is 1.35. The fourth-order valence-corrected chi connectivity index (χ4v) is 1.02. The molecule has 1 rings (SSSR count). The first-order chi connectivity index (χ1) is 5.84. The first-order valence-corrected chi connectivity index (χ1v) is 3.93. The largest absolute Gasteiger partial charge is 0.198 e. The van der Waals surface area contributed by atoms with Crippen LogP contribution in [0.1, 0.15) is 18.9 Å². The predicted molar refractivity (Wildman–Crippen MR) is 50.3 cm³/mol. The molecule has 0 unspecified atom stereocenters. The number of nitriles is 1. The molecule has 1 nitrogen and oxygen atoms in total. The molecule has 0 aliphatic heterocycles. The summed E-state index contributed by atoms with van der Waals surface area (Å²) >= 11 is 0. The second kappa shape index (κ2) is 4.35. The van der Waals surface area contributed by atoms with E-state index in [-0.39, 0.29) is 0 Å². The second-order valence-corrected chi connectivity index (χ2v) is 2.62. The van der Waals surface area contributed by atoms with Gasteiger partial charge >= 0.3 is 0 Å². The zero-order valence-corrected chi connectivity index (χ0v) is 7.12. The lowest BCUT2D eigenvalue weighted by Gasteiger charge is -1.98. The summed E-state index contributed by atoms with van der Waals surface area (Å²) in [6.07, 6.45) is 2.43. The van der Waals surface area contributed by atoms with Gasteiger partial charge in [-0.1, -0.05) is 36.4 Å². The van der Waals surface area contributed by atoms with Crippen molar-refractivity contribution in [3.8, 4) is 6.07 Å². The van der Waals surface area contributed by atoms with Gasteiger partial charge in [-0.05, 0) is 18.1 Å². The third-order valence-electron chi connectivity index (χ3n) is 1.73. The monoisotopic (exact) mass is 157 g/mol. The summed E-state index contributed by atoms with van der Waals surface area (Å²) < 4.78 is 0. The standard InChI is InChI=1S/C11H11N/c1-10(6-5-9-12)11-7-3-2-4-8-11/h2-4,6-8H,5H2,1H3/b10-6+. The van der Waals surface area contributed by atoms with Crippen molar-refractivity contribution in [2.75, 3.05) is 0 Å². The van der Waals surface area contributed by atoms with E-state index in [9.17, 15) is 0 Å². The van der Waals surface area contributed by atoms with Crippen LogP contribution in [0.25, 0.3) is 5.57 Å². The summed E-state index contributed by atoms with van der Waals surface area (Å²) in [5, 5.41) is 8.37. The van der Waals surface area contributed by atoms with Crippen molar-refractivity contribution < 1.29 is 0 Å². The van der Waals surface area contributed by atoms with Crippen LogP contribution in [-0.2, 0) is 0 Å². The molecule has 0 fully saturated rings. The quantitative estimate of drug-likeness (QED) is 0.647. The number of nitrogens with zero attached hydrogens (tertiary/aromatic N) is 1. The molecule has 1 heteroatoms. The second-order valence-electron chi connectivity index (χ2n) is 2.62. The van der Waals surface area contributed by atoms with Gasteiger partial charge in [-0.3, -0.25) is 0 Å². The highest BCUT2D eigenvalue weighted by atomic mass is 14.2. The molecule has 0 heterocycles. The fraction of sp³-hybridized carbons (Fsp3) is 0.182. The smallest absolute Gasteiger partial charge is 0.0663 e. The molecule has 1 aromatic rings. The molecular formula is C11H11N. The molecule has 0 aliphatic rings. The summed E-state index contributed by atoms with van der Waals surface area (Å²) in [4.78, 5) is 0. The van der Waals surface area contributed by atoms with E-state index in [0.717, 1.165) is 5.57 Å². The van der Waals surface area contributed by atoms with Crippen LogP contribution >= 0.6 is 0 Å². The van der Waals surface area contributed by atoms with Gasteiger partial charge in [0.05, 0.1) is 12.5 Å². The average molecular weight is 157 g/mol. The number of allylic oxidation sites excluding steroid dienone is 2. The maximum Gasteiger partial charge on any atom is 0.0663 e. The minimum Gasteiger partial charge on any atom is -0.198 e. The minimum atomic E-state index is 0.487.